The maximum atomic E-state index is 12.4. The van der Waals surface area contributed by atoms with E-state index in [1.54, 1.807) is 0 Å². The number of aryl methyl sites for hydroxylation is 1. The topological polar surface area (TPSA) is 92.9 Å². The molecule has 0 spiro atoms. The zero-order chi connectivity index (χ0) is 20.5. The number of anilines is 2. The first kappa shape index (κ1) is 18.6. The van der Waals surface area contributed by atoms with Crippen LogP contribution < -0.4 is 15.8 Å². The van der Waals surface area contributed by atoms with Gasteiger partial charge < -0.3 is 10.2 Å². The van der Waals surface area contributed by atoms with Gasteiger partial charge in [-0.05, 0) is 30.7 Å². The maximum Gasteiger partial charge on any atom is 0.260 e. The van der Waals surface area contributed by atoms with Crippen molar-refractivity contribution in [2.24, 2.45) is 0 Å². The number of para-hydroxylation sites is 1. The Balaban J connectivity index is 1.17. The Morgan fingerprint density at radius 2 is 1.90 bits per heavy atom. The molecule has 5 rings (SSSR count). The van der Waals surface area contributed by atoms with Gasteiger partial charge in [-0.2, -0.15) is 5.10 Å². The van der Waals surface area contributed by atoms with Crippen LogP contribution in [0.5, 0.6) is 0 Å². The normalized spacial score (nSPS) is 15.2. The highest BCUT2D eigenvalue weighted by Gasteiger charge is 2.20. The minimum absolute atomic E-state index is 0.0968. The van der Waals surface area contributed by atoms with Crippen LogP contribution in [0.1, 0.15) is 5.56 Å². The van der Waals surface area contributed by atoms with Gasteiger partial charge in [0, 0.05) is 44.7 Å². The van der Waals surface area contributed by atoms with Crippen LogP contribution in [0.3, 0.4) is 0 Å². The molecule has 0 aliphatic carbocycles. The minimum atomic E-state index is -0.0968. The number of aromatic amines is 2. The number of hydrogen-bond donors (Lipinski definition) is 3. The van der Waals surface area contributed by atoms with E-state index in [0.29, 0.717) is 11.3 Å². The number of nitrogens with one attached hydrogen (secondary N) is 3. The number of rotatable bonds is 5. The van der Waals surface area contributed by atoms with Gasteiger partial charge in [0.25, 0.3) is 5.56 Å². The Kier molecular flexibility index (Phi) is 4.84. The van der Waals surface area contributed by atoms with Crippen molar-refractivity contribution >= 4 is 33.6 Å². The standard InChI is InChI=1S/C22H25N7O/c1-15-5-4-8-18-19(15)21(30)25-22(24-18)23-9-10-28-11-13-29(14-12-28)20-16-6-2-3-7-17(16)26-27-20/h2-8H,9-14H2,1H3,(H,26,27)(H2,23,24,25,30). The molecule has 0 radical (unpaired) electrons. The number of H-pyrrole nitrogens is 2. The zero-order valence-electron chi connectivity index (χ0n) is 17.0. The van der Waals surface area contributed by atoms with E-state index in [4.69, 9.17) is 0 Å². The molecular formula is C22H25N7O. The molecule has 0 unspecified atom stereocenters. The smallest absolute Gasteiger partial charge is 0.260 e. The summed E-state index contributed by atoms with van der Waals surface area (Å²) >= 11 is 0. The summed E-state index contributed by atoms with van der Waals surface area (Å²) in [6, 6.07) is 14.0. The van der Waals surface area contributed by atoms with Crippen LogP contribution in [0.15, 0.2) is 47.3 Å². The fourth-order valence-corrected chi connectivity index (χ4v) is 4.15. The summed E-state index contributed by atoms with van der Waals surface area (Å²) in [5, 5.41) is 12.7. The zero-order valence-corrected chi connectivity index (χ0v) is 17.0. The lowest BCUT2D eigenvalue weighted by molar-refractivity contribution is 0.267. The molecule has 0 saturated carbocycles. The lowest BCUT2D eigenvalue weighted by Crippen LogP contribution is -2.47. The molecule has 1 fully saturated rings. The molecular weight excluding hydrogens is 378 g/mol. The van der Waals surface area contributed by atoms with Crippen LogP contribution in [0.25, 0.3) is 21.8 Å². The van der Waals surface area contributed by atoms with Crippen molar-refractivity contribution < 1.29 is 0 Å². The molecule has 30 heavy (non-hydrogen) atoms. The monoisotopic (exact) mass is 403 g/mol. The van der Waals surface area contributed by atoms with Gasteiger partial charge in [-0.3, -0.25) is 19.8 Å². The third-order valence-corrected chi connectivity index (χ3v) is 5.78. The molecule has 4 aromatic rings. The van der Waals surface area contributed by atoms with E-state index in [9.17, 15) is 4.79 Å². The Morgan fingerprint density at radius 3 is 2.77 bits per heavy atom. The summed E-state index contributed by atoms with van der Waals surface area (Å²) in [6.07, 6.45) is 0. The number of piperazine rings is 1. The minimum Gasteiger partial charge on any atom is -0.354 e. The average Bonchev–Trinajstić information content (AvgIpc) is 3.18. The Labute approximate surface area is 173 Å². The largest absolute Gasteiger partial charge is 0.354 e. The summed E-state index contributed by atoms with van der Waals surface area (Å²) in [6.45, 7) is 7.39. The first-order valence-corrected chi connectivity index (χ1v) is 10.3. The van der Waals surface area contributed by atoms with Crippen LogP contribution in [-0.4, -0.2) is 64.3 Å². The second-order valence-corrected chi connectivity index (χ2v) is 7.73. The Bertz CT molecular complexity index is 1240. The number of hydrogen-bond acceptors (Lipinski definition) is 6. The van der Waals surface area contributed by atoms with Crippen molar-refractivity contribution in [2.75, 3.05) is 49.5 Å². The molecule has 0 atom stereocenters. The van der Waals surface area contributed by atoms with Crippen molar-refractivity contribution in [3.63, 3.8) is 0 Å². The summed E-state index contributed by atoms with van der Waals surface area (Å²) in [7, 11) is 0. The van der Waals surface area contributed by atoms with E-state index >= 15 is 0 Å². The fourth-order valence-electron chi connectivity index (χ4n) is 4.15. The highest BCUT2D eigenvalue weighted by atomic mass is 16.1. The molecule has 1 aliphatic heterocycles. The molecule has 1 saturated heterocycles. The first-order valence-electron chi connectivity index (χ1n) is 10.3. The van der Waals surface area contributed by atoms with Crippen LogP contribution in [0.2, 0.25) is 0 Å². The molecule has 154 valence electrons. The van der Waals surface area contributed by atoms with Gasteiger partial charge in [0.2, 0.25) is 5.95 Å². The molecule has 0 bridgehead atoms. The Hall–Kier alpha value is -3.39. The summed E-state index contributed by atoms with van der Waals surface area (Å²) in [5.41, 5.74) is 2.64. The molecule has 3 N–H and O–H groups in total. The second kappa shape index (κ2) is 7.79. The van der Waals surface area contributed by atoms with Gasteiger partial charge in [-0.25, -0.2) is 4.98 Å². The molecule has 2 aromatic carbocycles. The molecule has 2 aromatic heterocycles. The van der Waals surface area contributed by atoms with Crippen LogP contribution in [-0.2, 0) is 0 Å². The molecule has 1 aliphatic rings. The van der Waals surface area contributed by atoms with Crippen molar-refractivity contribution in [3.8, 4) is 0 Å². The first-order chi connectivity index (χ1) is 14.7. The van der Waals surface area contributed by atoms with E-state index in [-0.39, 0.29) is 5.56 Å². The highest BCUT2D eigenvalue weighted by Crippen LogP contribution is 2.24. The summed E-state index contributed by atoms with van der Waals surface area (Å²) < 4.78 is 0. The van der Waals surface area contributed by atoms with E-state index in [1.165, 1.54) is 5.39 Å². The number of benzene rings is 2. The third-order valence-electron chi connectivity index (χ3n) is 5.78. The average molecular weight is 403 g/mol. The number of aromatic nitrogens is 4. The van der Waals surface area contributed by atoms with Crippen LogP contribution in [0, 0.1) is 6.92 Å². The predicted molar refractivity (Wildman–Crippen MR) is 120 cm³/mol. The van der Waals surface area contributed by atoms with E-state index in [0.717, 1.165) is 61.7 Å². The van der Waals surface area contributed by atoms with Crippen molar-refractivity contribution in [1.82, 2.24) is 25.1 Å². The van der Waals surface area contributed by atoms with Gasteiger partial charge in [-0.15, -0.1) is 0 Å². The molecule has 0 amide bonds. The lowest BCUT2D eigenvalue weighted by Gasteiger charge is -2.35. The van der Waals surface area contributed by atoms with E-state index in [1.807, 2.05) is 31.2 Å². The van der Waals surface area contributed by atoms with Crippen molar-refractivity contribution in [2.45, 2.75) is 6.92 Å². The van der Waals surface area contributed by atoms with Gasteiger partial charge in [0.15, 0.2) is 5.82 Å². The van der Waals surface area contributed by atoms with E-state index in [2.05, 4.69) is 53.5 Å². The highest BCUT2D eigenvalue weighted by molar-refractivity contribution is 5.90. The van der Waals surface area contributed by atoms with Gasteiger partial charge >= 0.3 is 0 Å². The third kappa shape index (κ3) is 3.50. The molecule has 3 heterocycles. The van der Waals surface area contributed by atoms with Crippen LogP contribution in [0.4, 0.5) is 11.8 Å². The number of fused-ring (bicyclic) bond motifs is 2. The number of nitrogens with zero attached hydrogens (tertiary/aromatic N) is 4. The summed E-state index contributed by atoms with van der Waals surface area (Å²) in [5.74, 6) is 1.57. The van der Waals surface area contributed by atoms with Crippen LogP contribution >= 0.6 is 0 Å². The fraction of sp³-hybridized carbons (Fsp3) is 0.318. The SMILES string of the molecule is Cc1cccc2nc(NCCN3CCN(c4n[nH]c5ccccc45)CC3)[nH]c(=O)c12. The van der Waals surface area contributed by atoms with Crippen molar-refractivity contribution in [1.29, 1.82) is 0 Å². The van der Waals surface area contributed by atoms with E-state index < -0.39 is 0 Å². The second-order valence-electron chi connectivity index (χ2n) is 7.73. The predicted octanol–water partition coefficient (Wildman–Crippen LogP) is 2.34. The van der Waals surface area contributed by atoms with Gasteiger partial charge in [-0.1, -0.05) is 24.3 Å². The molecule has 8 nitrogen and oxygen atoms in total. The molecule has 8 heteroatoms. The summed E-state index contributed by atoms with van der Waals surface area (Å²) in [4.78, 5) is 24.5. The van der Waals surface area contributed by atoms with Crippen molar-refractivity contribution in [3.05, 3.63) is 58.4 Å². The maximum absolute atomic E-state index is 12.4. The quantitative estimate of drug-likeness (QED) is 0.474. The Morgan fingerprint density at radius 1 is 1.07 bits per heavy atom. The van der Waals surface area contributed by atoms with Gasteiger partial charge in [0.05, 0.1) is 16.4 Å². The lowest BCUT2D eigenvalue weighted by atomic mass is 10.1. The van der Waals surface area contributed by atoms with Gasteiger partial charge in [0.1, 0.15) is 0 Å².